The van der Waals surface area contributed by atoms with Gasteiger partial charge >= 0.3 is 6.18 Å². The standard InChI is InChI=1S/C11H12F3N3/c1-7(5-11(12,13)14)17-9-3-2-8(6-15)10(16)4-9/h2-4,7,17H,5,16H2,1H3. The highest BCUT2D eigenvalue weighted by Gasteiger charge is 2.29. The smallest absolute Gasteiger partial charge is 0.391 e. The summed E-state index contributed by atoms with van der Waals surface area (Å²) in [5.41, 5.74) is 6.57. The Kier molecular flexibility index (Phi) is 3.84. The van der Waals surface area contributed by atoms with Crippen molar-refractivity contribution >= 4 is 11.4 Å². The number of nitrogen functional groups attached to an aromatic ring is 1. The molecule has 1 aromatic carbocycles. The first-order valence-electron chi connectivity index (χ1n) is 4.95. The summed E-state index contributed by atoms with van der Waals surface area (Å²) in [6.45, 7) is 1.43. The molecule has 0 aromatic heterocycles. The molecule has 0 aliphatic rings. The Balaban J connectivity index is 2.70. The molecule has 0 amide bonds. The van der Waals surface area contributed by atoms with Crippen LogP contribution in [0.15, 0.2) is 18.2 Å². The maximum absolute atomic E-state index is 12.1. The molecular weight excluding hydrogens is 231 g/mol. The van der Waals surface area contributed by atoms with Crippen LogP contribution in [0, 0.1) is 11.3 Å². The predicted molar refractivity (Wildman–Crippen MR) is 59.3 cm³/mol. The van der Waals surface area contributed by atoms with Crippen LogP contribution < -0.4 is 11.1 Å². The van der Waals surface area contributed by atoms with E-state index in [4.69, 9.17) is 11.0 Å². The van der Waals surface area contributed by atoms with E-state index in [9.17, 15) is 13.2 Å². The van der Waals surface area contributed by atoms with Gasteiger partial charge in [-0.05, 0) is 25.1 Å². The number of anilines is 2. The normalized spacial score (nSPS) is 12.9. The predicted octanol–water partition coefficient (Wildman–Crippen LogP) is 2.89. The summed E-state index contributed by atoms with van der Waals surface area (Å²) >= 11 is 0. The van der Waals surface area contributed by atoms with Crippen molar-refractivity contribution in [3.8, 4) is 6.07 Å². The van der Waals surface area contributed by atoms with Gasteiger partial charge in [-0.2, -0.15) is 18.4 Å². The Bertz CT molecular complexity index is 435. The number of nitrogens with two attached hydrogens (primary N) is 1. The van der Waals surface area contributed by atoms with Crippen LogP contribution in [-0.4, -0.2) is 12.2 Å². The van der Waals surface area contributed by atoms with Crippen molar-refractivity contribution in [2.75, 3.05) is 11.1 Å². The van der Waals surface area contributed by atoms with E-state index >= 15 is 0 Å². The summed E-state index contributed by atoms with van der Waals surface area (Å²) < 4.78 is 36.3. The average molecular weight is 243 g/mol. The van der Waals surface area contributed by atoms with Crippen LogP contribution >= 0.6 is 0 Å². The Labute approximate surface area is 97.0 Å². The SMILES string of the molecule is CC(CC(F)(F)F)Nc1ccc(C#N)c(N)c1. The lowest BCUT2D eigenvalue weighted by molar-refractivity contribution is -0.136. The fraction of sp³-hybridized carbons (Fsp3) is 0.364. The zero-order chi connectivity index (χ0) is 13.1. The molecule has 1 aromatic rings. The van der Waals surface area contributed by atoms with Gasteiger partial charge in [0.1, 0.15) is 6.07 Å². The molecule has 3 N–H and O–H groups in total. The molecule has 0 aliphatic heterocycles. The molecule has 0 fully saturated rings. The molecular formula is C11H12F3N3. The molecule has 17 heavy (non-hydrogen) atoms. The molecule has 92 valence electrons. The summed E-state index contributed by atoms with van der Waals surface area (Å²) in [6, 6.07) is 5.58. The molecule has 0 saturated heterocycles. The monoisotopic (exact) mass is 243 g/mol. The number of nitrogens with one attached hydrogen (secondary N) is 1. The van der Waals surface area contributed by atoms with Gasteiger partial charge in [0.2, 0.25) is 0 Å². The van der Waals surface area contributed by atoms with Gasteiger partial charge in [-0.1, -0.05) is 0 Å². The van der Waals surface area contributed by atoms with Crippen molar-refractivity contribution in [3.05, 3.63) is 23.8 Å². The molecule has 1 unspecified atom stereocenters. The third-order valence-corrected chi connectivity index (χ3v) is 2.12. The van der Waals surface area contributed by atoms with E-state index in [1.54, 1.807) is 0 Å². The minimum Gasteiger partial charge on any atom is -0.398 e. The van der Waals surface area contributed by atoms with Crippen molar-refractivity contribution in [2.24, 2.45) is 0 Å². The molecule has 1 rings (SSSR count). The third-order valence-electron chi connectivity index (χ3n) is 2.12. The number of halogens is 3. The van der Waals surface area contributed by atoms with E-state index < -0.39 is 18.6 Å². The quantitative estimate of drug-likeness (QED) is 0.802. The van der Waals surface area contributed by atoms with Crippen molar-refractivity contribution in [2.45, 2.75) is 25.6 Å². The summed E-state index contributed by atoms with van der Waals surface area (Å²) in [5.74, 6) is 0. The second kappa shape index (κ2) is 4.95. The van der Waals surface area contributed by atoms with E-state index in [1.807, 2.05) is 6.07 Å². The first-order valence-corrected chi connectivity index (χ1v) is 4.95. The first-order chi connectivity index (χ1) is 7.81. The van der Waals surface area contributed by atoms with Crippen molar-refractivity contribution in [1.82, 2.24) is 0 Å². The highest BCUT2D eigenvalue weighted by atomic mass is 19.4. The van der Waals surface area contributed by atoms with Crippen LogP contribution in [0.3, 0.4) is 0 Å². The van der Waals surface area contributed by atoms with Crippen molar-refractivity contribution in [1.29, 1.82) is 5.26 Å². The molecule has 0 spiro atoms. The zero-order valence-corrected chi connectivity index (χ0v) is 9.17. The molecule has 0 saturated carbocycles. The van der Waals surface area contributed by atoms with E-state index in [2.05, 4.69) is 5.32 Å². The van der Waals surface area contributed by atoms with E-state index in [-0.39, 0.29) is 5.69 Å². The Morgan fingerprint density at radius 3 is 2.59 bits per heavy atom. The number of rotatable bonds is 3. The van der Waals surface area contributed by atoms with Crippen LogP contribution in [0.25, 0.3) is 0 Å². The lowest BCUT2D eigenvalue weighted by atomic mass is 10.1. The summed E-state index contributed by atoms with van der Waals surface area (Å²) in [6.07, 6.45) is -5.13. The molecule has 1 atom stereocenters. The van der Waals surface area contributed by atoms with Crippen LogP contribution in [-0.2, 0) is 0 Å². The van der Waals surface area contributed by atoms with Gasteiger partial charge in [-0.15, -0.1) is 0 Å². The Morgan fingerprint density at radius 2 is 2.12 bits per heavy atom. The zero-order valence-electron chi connectivity index (χ0n) is 9.17. The van der Waals surface area contributed by atoms with Gasteiger partial charge in [-0.3, -0.25) is 0 Å². The van der Waals surface area contributed by atoms with Crippen molar-refractivity contribution < 1.29 is 13.2 Å². The van der Waals surface area contributed by atoms with E-state index in [0.29, 0.717) is 11.3 Å². The second-order valence-electron chi connectivity index (χ2n) is 3.78. The summed E-state index contributed by atoms with van der Waals surface area (Å²) in [4.78, 5) is 0. The molecule has 0 aliphatic carbocycles. The topological polar surface area (TPSA) is 61.8 Å². The molecule has 0 radical (unpaired) electrons. The number of hydrogen-bond acceptors (Lipinski definition) is 3. The van der Waals surface area contributed by atoms with Gasteiger partial charge in [0.05, 0.1) is 17.7 Å². The van der Waals surface area contributed by atoms with Crippen LogP contribution in [0.5, 0.6) is 0 Å². The fourth-order valence-corrected chi connectivity index (χ4v) is 1.44. The molecule has 0 heterocycles. The lowest BCUT2D eigenvalue weighted by Crippen LogP contribution is -2.23. The maximum atomic E-state index is 12.1. The molecule has 0 bridgehead atoms. The highest BCUT2D eigenvalue weighted by Crippen LogP contribution is 2.24. The fourth-order valence-electron chi connectivity index (χ4n) is 1.44. The van der Waals surface area contributed by atoms with E-state index in [0.717, 1.165) is 0 Å². The van der Waals surface area contributed by atoms with Crippen LogP contribution in [0.1, 0.15) is 18.9 Å². The van der Waals surface area contributed by atoms with Crippen molar-refractivity contribution in [3.63, 3.8) is 0 Å². The largest absolute Gasteiger partial charge is 0.398 e. The summed E-state index contributed by atoms with van der Waals surface area (Å²) in [7, 11) is 0. The minimum absolute atomic E-state index is 0.247. The minimum atomic E-state index is -4.20. The number of alkyl halides is 3. The van der Waals surface area contributed by atoms with Gasteiger partial charge < -0.3 is 11.1 Å². The highest BCUT2D eigenvalue weighted by molar-refractivity contribution is 5.62. The molecule has 6 heteroatoms. The Morgan fingerprint density at radius 1 is 1.47 bits per heavy atom. The van der Waals surface area contributed by atoms with E-state index in [1.165, 1.54) is 25.1 Å². The number of benzene rings is 1. The maximum Gasteiger partial charge on any atom is 0.391 e. The average Bonchev–Trinajstić information content (AvgIpc) is 2.14. The third kappa shape index (κ3) is 4.23. The number of nitrogens with zero attached hydrogens (tertiary/aromatic N) is 1. The number of nitriles is 1. The van der Waals surface area contributed by atoms with Crippen LogP contribution in [0.4, 0.5) is 24.5 Å². The molecule has 3 nitrogen and oxygen atoms in total. The Hall–Kier alpha value is -1.90. The summed E-state index contributed by atoms with van der Waals surface area (Å²) in [5, 5.41) is 11.3. The van der Waals surface area contributed by atoms with Gasteiger partial charge in [0.25, 0.3) is 0 Å². The lowest BCUT2D eigenvalue weighted by Gasteiger charge is -2.17. The second-order valence-corrected chi connectivity index (χ2v) is 3.78. The van der Waals surface area contributed by atoms with Crippen LogP contribution in [0.2, 0.25) is 0 Å². The first kappa shape index (κ1) is 13.2. The van der Waals surface area contributed by atoms with Gasteiger partial charge in [-0.25, -0.2) is 0 Å². The van der Waals surface area contributed by atoms with Gasteiger partial charge in [0, 0.05) is 11.7 Å². The van der Waals surface area contributed by atoms with Gasteiger partial charge in [0.15, 0.2) is 0 Å². The number of hydrogen-bond donors (Lipinski definition) is 2.